The van der Waals surface area contributed by atoms with E-state index >= 15 is 0 Å². The molecule has 0 saturated carbocycles. The lowest BCUT2D eigenvalue weighted by atomic mass is 10.1. The molecule has 100 valence electrons. The maximum absolute atomic E-state index is 4.23. The third-order valence-corrected chi connectivity index (χ3v) is 3.73. The summed E-state index contributed by atoms with van der Waals surface area (Å²) in [7, 11) is 1.96. The van der Waals surface area contributed by atoms with Crippen molar-refractivity contribution in [1.29, 1.82) is 0 Å². The molecule has 19 heavy (non-hydrogen) atoms. The monoisotopic (exact) mass is 256 g/mol. The number of aryl methyl sites for hydroxylation is 1. The molecule has 1 aromatic heterocycles. The number of anilines is 2. The van der Waals surface area contributed by atoms with Crippen LogP contribution in [0, 0.1) is 0 Å². The van der Waals surface area contributed by atoms with E-state index < -0.39 is 0 Å². The first-order valence-corrected chi connectivity index (χ1v) is 6.81. The highest BCUT2D eigenvalue weighted by molar-refractivity contribution is 5.72. The van der Waals surface area contributed by atoms with Gasteiger partial charge in [0.15, 0.2) is 0 Å². The van der Waals surface area contributed by atoms with Gasteiger partial charge in [0.05, 0.1) is 17.6 Å². The van der Waals surface area contributed by atoms with E-state index in [4.69, 9.17) is 0 Å². The number of hydrogen-bond acceptors (Lipinski definition) is 3. The van der Waals surface area contributed by atoms with E-state index in [0.29, 0.717) is 6.04 Å². The third-order valence-electron chi connectivity index (χ3n) is 3.73. The Morgan fingerprint density at radius 3 is 3.00 bits per heavy atom. The van der Waals surface area contributed by atoms with E-state index in [1.165, 1.54) is 16.9 Å². The van der Waals surface area contributed by atoms with Gasteiger partial charge >= 0.3 is 0 Å². The molecule has 0 bridgehead atoms. The topological polar surface area (TPSA) is 33.1 Å². The van der Waals surface area contributed by atoms with E-state index in [2.05, 4.69) is 52.7 Å². The van der Waals surface area contributed by atoms with Crippen molar-refractivity contribution in [3.63, 3.8) is 0 Å². The Labute approximate surface area is 114 Å². The minimum Gasteiger partial charge on any atom is -0.381 e. The SMILES string of the molecule is CC1CNc2ccccc2N1CCc1cnn(C)c1. The van der Waals surface area contributed by atoms with Crippen LogP contribution in [-0.4, -0.2) is 28.9 Å². The Morgan fingerprint density at radius 2 is 2.21 bits per heavy atom. The average molecular weight is 256 g/mol. The largest absolute Gasteiger partial charge is 0.381 e. The second kappa shape index (κ2) is 4.96. The van der Waals surface area contributed by atoms with Gasteiger partial charge in [0.1, 0.15) is 0 Å². The molecule has 0 saturated heterocycles. The van der Waals surface area contributed by atoms with E-state index in [1.807, 2.05) is 17.9 Å². The van der Waals surface area contributed by atoms with Gasteiger partial charge in [-0.05, 0) is 31.0 Å². The Kier molecular flexibility index (Phi) is 3.15. The van der Waals surface area contributed by atoms with Gasteiger partial charge in [0.25, 0.3) is 0 Å². The Morgan fingerprint density at radius 1 is 1.37 bits per heavy atom. The summed E-state index contributed by atoms with van der Waals surface area (Å²) in [4.78, 5) is 2.48. The van der Waals surface area contributed by atoms with E-state index in [-0.39, 0.29) is 0 Å². The van der Waals surface area contributed by atoms with Crippen molar-refractivity contribution in [3.05, 3.63) is 42.2 Å². The summed E-state index contributed by atoms with van der Waals surface area (Å²) in [6, 6.07) is 9.06. The molecular weight excluding hydrogens is 236 g/mol. The van der Waals surface area contributed by atoms with E-state index in [1.54, 1.807) is 0 Å². The Bertz CT molecular complexity index is 561. The smallest absolute Gasteiger partial charge is 0.0605 e. The molecule has 1 aromatic carbocycles. The number of rotatable bonds is 3. The molecule has 0 spiro atoms. The van der Waals surface area contributed by atoms with Crippen molar-refractivity contribution in [1.82, 2.24) is 9.78 Å². The lowest BCUT2D eigenvalue weighted by Crippen LogP contribution is -2.43. The van der Waals surface area contributed by atoms with Gasteiger partial charge in [-0.25, -0.2) is 0 Å². The molecule has 1 N–H and O–H groups in total. The summed E-state index contributed by atoms with van der Waals surface area (Å²) >= 11 is 0. The van der Waals surface area contributed by atoms with Crippen molar-refractivity contribution in [2.45, 2.75) is 19.4 Å². The Balaban J connectivity index is 1.76. The summed E-state index contributed by atoms with van der Waals surface area (Å²) in [5.41, 5.74) is 3.85. The molecule has 1 aliphatic heterocycles. The van der Waals surface area contributed by atoms with Crippen molar-refractivity contribution in [3.8, 4) is 0 Å². The van der Waals surface area contributed by atoms with Crippen molar-refractivity contribution >= 4 is 11.4 Å². The molecule has 2 heterocycles. The van der Waals surface area contributed by atoms with Crippen molar-refractivity contribution in [2.75, 3.05) is 23.3 Å². The van der Waals surface area contributed by atoms with Gasteiger partial charge < -0.3 is 10.2 Å². The van der Waals surface area contributed by atoms with Crippen LogP contribution in [0.1, 0.15) is 12.5 Å². The number of nitrogens with one attached hydrogen (secondary N) is 1. The molecule has 4 heteroatoms. The van der Waals surface area contributed by atoms with Crippen LogP contribution in [0.3, 0.4) is 0 Å². The molecule has 0 aliphatic carbocycles. The quantitative estimate of drug-likeness (QED) is 0.914. The van der Waals surface area contributed by atoms with Crippen LogP contribution in [0.25, 0.3) is 0 Å². The normalized spacial score (nSPS) is 18.0. The number of hydrogen-bond donors (Lipinski definition) is 1. The summed E-state index contributed by atoms with van der Waals surface area (Å²) in [5, 5.41) is 7.72. The molecule has 1 unspecified atom stereocenters. The van der Waals surface area contributed by atoms with Crippen molar-refractivity contribution in [2.24, 2.45) is 7.05 Å². The Hall–Kier alpha value is -1.97. The number of aromatic nitrogens is 2. The van der Waals surface area contributed by atoms with Gasteiger partial charge in [0.2, 0.25) is 0 Å². The fraction of sp³-hybridized carbons (Fsp3) is 0.400. The highest BCUT2D eigenvalue weighted by Gasteiger charge is 2.21. The van der Waals surface area contributed by atoms with Gasteiger partial charge in [-0.15, -0.1) is 0 Å². The highest BCUT2D eigenvalue weighted by Crippen LogP contribution is 2.30. The number of benzene rings is 1. The minimum atomic E-state index is 0.520. The minimum absolute atomic E-state index is 0.520. The van der Waals surface area contributed by atoms with Crippen molar-refractivity contribution < 1.29 is 0 Å². The molecule has 3 rings (SSSR count). The molecule has 0 radical (unpaired) electrons. The van der Waals surface area contributed by atoms with Crippen LogP contribution in [0.5, 0.6) is 0 Å². The van der Waals surface area contributed by atoms with Crippen LogP contribution in [-0.2, 0) is 13.5 Å². The molecule has 4 nitrogen and oxygen atoms in total. The van der Waals surface area contributed by atoms with Gasteiger partial charge in [-0.1, -0.05) is 12.1 Å². The van der Waals surface area contributed by atoms with Crippen LogP contribution in [0.2, 0.25) is 0 Å². The number of para-hydroxylation sites is 2. The van der Waals surface area contributed by atoms with Gasteiger partial charge in [-0.2, -0.15) is 5.10 Å². The molecular formula is C15H20N4. The molecule has 0 amide bonds. The summed E-state index contributed by atoms with van der Waals surface area (Å²) in [5.74, 6) is 0. The standard InChI is InChI=1S/C15H20N4/c1-12-9-16-14-5-3-4-6-15(14)19(12)8-7-13-10-17-18(2)11-13/h3-6,10-12,16H,7-9H2,1-2H3. The predicted molar refractivity (Wildman–Crippen MR) is 78.7 cm³/mol. The maximum Gasteiger partial charge on any atom is 0.0605 e. The number of fused-ring (bicyclic) bond motifs is 1. The lowest BCUT2D eigenvalue weighted by molar-refractivity contribution is 0.640. The summed E-state index contributed by atoms with van der Waals surface area (Å²) in [6.07, 6.45) is 5.09. The second-order valence-electron chi connectivity index (χ2n) is 5.21. The maximum atomic E-state index is 4.23. The lowest BCUT2D eigenvalue weighted by Gasteiger charge is -2.37. The van der Waals surface area contributed by atoms with E-state index in [9.17, 15) is 0 Å². The van der Waals surface area contributed by atoms with Crippen LogP contribution < -0.4 is 10.2 Å². The molecule has 1 aliphatic rings. The molecule has 1 atom stereocenters. The highest BCUT2D eigenvalue weighted by atomic mass is 15.2. The van der Waals surface area contributed by atoms with Gasteiger partial charge in [-0.3, -0.25) is 4.68 Å². The zero-order valence-corrected chi connectivity index (χ0v) is 11.5. The fourth-order valence-corrected chi connectivity index (χ4v) is 2.67. The first kappa shape index (κ1) is 12.1. The molecule has 0 fully saturated rings. The fourth-order valence-electron chi connectivity index (χ4n) is 2.67. The second-order valence-corrected chi connectivity index (χ2v) is 5.21. The van der Waals surface area contributed by atoms with E-state index in [0.717, 1.165) is 19.5 Å². The van der Waals surface area contributed by atoms with Crippen LogP contribution >= 0.6 is 0 Å². The zero-order valence-electron chi connectivity index (χ0n) is 11.5. The first-order valence-electron chi connectivity index (χ1n) is 6.81. The molecule has 2 aromatic rings. The third kappa shape index (κ3) is 2.43. The number of nitrogens with zero attached hydrogens (tertiary/aromatic N) is 3. The first-order chi connectivity index (χ1) is 9.24. The predicted octanol–water partition coefficient (Wildman–Crippen LogP) is 2.28. The van der Waals surface area contributed by atoms with Crippen LogP contribution in [0.15, 0.2) is 36.7 Å². The van der Waals surface area contributed by atoms with Gasteiger partial charge in [0, 0.05) is 32.4 Å². The van der Waals surface area contributed by atoms with Crippen LogP contribution in [0.4, 0.5) is 11.4 Å². The zero-order chi connectivity index (χ0) is 13.2. The average Bonchev–Trinajstić information content (AvgIpc) is 2.83. The summed E-state index contributed by atoms with van der Waals surface area (Å²) < 4.78 is 1.87. The summed E-state index contributed by atoms with van der Waals surface area (Å²) in [6.45, 7) is 4.31.